The number of amides is 4. The van der Waals surface area contributed by atoms with E-state index in [0.29, 0.717) is 12.0 Å². The average Bonchev–Trinajstić information content (AvgIpc) is 3.27. The van der Waals surface area contributed by atoms with Crippen molar-refractivity contribution in [2.45, 2.75) is 71.1 Å². The molecule has 12 heteroatoms. The molecule has 38 heavy (non-hydrogen) atoms. The molecule has 1 heterocycles. The summed E-state index contributed by atoms with van der Waals surface area (Å²) in [6.45, 7) is 7.11. The second kappa shape index (κ2) is 13.6. The van der Waals surface area contributed by atoms with E-state index in [1.807, 2.05) is 31.2 Å². The second-order valence-electron chi connectivity index (χ2n) is 9.84. The van der Waals surface area contributed by atoms with Gasteiger partial charge in [0.1, 0.15) is 18.1 Å². The molecule has 0 aliphatic rings. The van der Waals surface area contributed by atoms with Crippen molar-refractivity contribution in [1.29, 1.82) is 0 Å². The third-order valence-corrected chi connectivity index (χ3v) is 6.57. The number of carboxylic acid groups (broad SMARTS) is 1. The Bertz CT molecular complexity index is 1160. The van der Waals surface area contributed by atoms with Gasteiger partial charge in [-0.15, -0.1) is 0 Å². The SMILES string of the molecule is CCC(C)C(NC(=O)C(N)C(C)C)C(=O)NC(CC(N)=O)C(=O)NC(Cc1c[nH]c2ccccc12)C(=O)O. The molecule has 9 N–H and O–H groups in total. The van der Waals surface area contributed by atoms with Gasteiger partial charge in [-0.25, -0.2) is 4.79 Å². The lowest BCUT2D eigenvalue weighted by atomic mass is 9.96. The molecule has 0 radical (unpaired) electrons. The average molecular weight is 531 g/mol. The van der Waals surface area contributed by atoms with Crippen LogP contribution in [0.3, 0.4) is 0 Å². The van der Waals surface area contributed by atoms with Crippen molar-refractivity contribution >= 4 is 40.5 Å². The fourth-order valence-corrected chi connectivity index (χ4v) is 3.92. The number of hydrogen-bond acceptors (Lipinski definition) is 6. The van der Waals surface area contributed by atoms with Crippen molar-refractivity contribution in [3.05, 3.63) is 36.0 Å². The quantitative estimate of drug-likeness (QED) is 0.180. The number of para-hydroxylation sites is 1. The molecule has 5 unspecified atom stereocenters. The van der Waals surface area contributed by atoms with Crippen molar-refractivity contribution in [2.75, 3.05) is 0 Å². The van der Waals surface area contributed by atoms with E-state index in [1.54, 1.807) is 27.0 Å². The standard InChI is InChI=1S/C26H38N6O6/c1-5-14(4)22(32-24(35)21(28)13(2)3)25(36)30-18(11-20(27)33)23(34)31-19(26(37)38)10-15-12-29-17-9-7-6-8-16(15)17/h6-9,12-14,18-19,21-22,29H,5,10-11,28H2,1-4H3,(H2,27,33)(H,30,36)(H,31,34)(H,32,35)(H,37,38). The number of H-pyrrole nitrogens is 1. The zero-order valence-electron chi connectivity index (χ0n) is 22.1. The van der Waals surface area contributed by atoms with E-state index >= 15 is 0 Å². The summed E-state index contributed by atoms with van der Waals surface area (Å²) in [5, 5.41) is 18.1. The molecule has 0 saturated heterocycles. The van der Waals surface area contributed by atoms with E-state index < -0.39 is 60.2 Å². The van der Waals surface area contributed by atoms with Gasteiger partial charge >= 0.3 is 5.97 Å². The molecule has 0 bridgehead atoms. The van der Waals surface area contributed by atoms with Crippen LogP contribution < -0.4 is 27.4 Å². The molecule has 0 fully saturated rings. The topological polar surface area (TPSA) is 209 Å². The maximum absolute atomic E-state index is 13.2. The van der Waals surface area contributed by atoms with Crippen LogP contribution >= 0.6 is 0 Å². The number of hydrogen-bond donors (Lipinski definition) is 7. The largest absolute Gasteiger partial charge is 0.480 e. The summed E-state index contributed by atoms with van der Waals surface area (Å²) in [6.07, 6.45) is 1.58. The monoisotopic (exact) mass is 530 g/mol. The first-order chi connectivity index (χ1) is 17.8. The first kappa shape index (κ1) is 30.3. The minimum absolute atomic E-state index is 0.0407. The van der Waals surface area contributed by atoms with Gasteiger partial charge in [0.05, 0.1) is 12.5 Å². The molecule has 208 valence electrons. The van der Waals surface area contributed by atoms with Gasteiger partial charge in [-0.2, -0.15) is 0 Å². The molecule has 5 atom stereocenters. The number of aromatic amines is 1. The highest BCUT2D eigenvalue weighted by molar-refractivity contribution is 5.96. The molecule has 0 aliphatic heterocycles. The third kappa shape index (κ3) is 8.04. The van der Waals surface area contributed by atoms with Crippen LogP contribution in [0.5, 0.6) is 0 Å². The van der Waals surface area contributed by atoms with Gasteiger partial charge in [0, 0.05) is 23.5 Å². The predicted molar refractivity (Wildman–Crippen MR) is 142 cm³/mol. The van der Waals surface area contributed by atoms with Crippen LogP contribution in [0.4, 0.5) is 0 Å². The lowest BCUT2D eigenvalue weighted by Crippen LogP contribution is -2.59. The van der Waals surface area contributed by atoms with Crippen LogP contribution in [0.15, 0.2) is 30.5 Å². The molecule has 0 spiro atoms. The Balaban J connectivity index is 2.21. The van der Waals surface area contributed by atoms with Gasteiger partial charge in [0.25, 0.3) is 0 Å². The van der Waals surface area contributed by atoms with Crippen LogP contribution in [0.1, 0.15) is 46.1 Å². The molecule has 2 rings (SSSR count). The number of carbonyl (C=O) groups is 5. The molecule has 0 saturated carbocycles. The lowest BCUT2D eigenvalue weighted by Gasteiger charge is -2.28. The first-order valence-electron chi connectivity index (χ1n) is 12.6. The molecule has 4 amide bonds. The summed E-state index contributed by atoms with van der Waals surface area (Å²) >= 11 is 0. The van der Waals surface area contributed by atoms with Crippen LogP contribution in [0.2, 0.25) is 0 Å². The highest BCUT2D eigenvalue weighted by Gasteiger charge is 2.33. The van der Waals surface area contributed by atoms with Crippen LogP contribution in [0.25, 0.3) is 10.9 Å². The zero-order valence-corrected chi connectivity index (χ0v) is 22.1. The lowest BCUT2D eigenvalue weighted by molar-refractivity contribution is -0.142. The number of carbonyl (C=O) groups excluding carboxylic acids is 4. The summed E-state index contributed by atoms with van der Waals surface area (Å²) in [6, 6.07) is 2.63. The van der Waals surface area contributed by atoms with E-state index in [1.165, 1.54) is 0 Å². The third-order valence-electron chi connectivity index (χ3n) is 6.57. The van der Waals surface area contributed by atoms with Gasteiger partial charge in [-0.3, -0.25) is 19.2 Å². The number of primary amides is 1. The maximum atomic E-state index is 13.2. The molecule has 2 aromatic rings. The van der Waals surface area contributed by atoms with Gasteiger partial charge in [0.2, 0.25) is 23.6 Å². The van der Waals surface area contributed by atoms with Gasteiger partial charge < -0.3 is 37.5 Å². The number of nitrogens with one attached hydrogen (secondary N) is 4. The van der Waals surface area contributed by atoms with E-state index in [9.17, 15) is 29.1 Å². The summed E-state index contributed by atoms with van der Waals surface area (Å²) in [4.78, 5) is 65.5. The Kier molecular flexibility index (Phi) is 10.8. The Morgan fingerprint density at radius 1 is 0.947 bits per heavy atom. The van der Waals surface area contributed by atoms with Crippen molar-refractivity contribution in [1.82, 2.24) is 20.9 Å². The predicted octanol–water partition coefficient (Wildman–Crippen LogP) is 0.154. The minimum Gasteiger partial charge on any atom is -0.480 e. The smallest absolute Gasteiger partial charge is 0.326 e. The summed E-state index contributed by atoms with van der Waals surface area (Å²) < 4.78 is 0. The molecular formula is C26H38N6O6. The Morgan fingerprint density at radius 3 is 2.16 bits per heavy atom. The maximum Gasteiger partial charge on any atom is 0.326 e. The number of carboxylic acids is 1. The number of rotatable bonds is 14. The molecule has 0 aliphatic carbocycles. The van der Waals surface area contributed by atoms with Crippen molar-refractivity contribution < 1.29 is 29.1 Å². The number of aliphatic carboxylic acids is 1. The summed E-state index contributed by atoms with van der Waals surface area (Å²) in [5.41, 5.74) is 12.7. The normalized spacial score (nSPS) is 15.2. The Hall–Kier alpha value is -3.93. The Labute approximate surface area is 221 Å². The van der Waals surface area contributed by atoms with Gasteiger partial charge in [-0.05, 0) is 23.5 Å². The second-order valence-corrected chi connectivity index (χ2v) is 9.84. The van der Waals surface area contributed by atoms with Crippen molar-refractivity contribution in [2.24, 2.45) is 23.3 Å². The zero-order chi connectivity index (χ0) is 28.6. The highest BCUT2D eigenvalue weighted by Crippen LogP contribution is 2.19. The van der Waals surface area contributed by atoms with Crippen molar-refractivity contribution in [3.63, 3.8) is 0 Å². The van der Waals surface area contributed by atoms with Gasteiger partial charge in [-0.1, -0.05) is 52.3 Å². The van der Waals surface area contributed by atoms with Crippen LogP contribution in [0, 0.1) is 11.8 Å². The number of benzene rings is 1. The summed E-state index contributed by atoms with van der Waals surface area (Å²) in [5.74, 6) is -4.80. The fourth-order valence-electron chi connectivity index (χ4n) is 3.92. The number of nitrogens with two attached hydrogens (primary N) is 2. The molecule has 1 aromatic carbocycles. The van der Waals surface area contributed by atoms with E-state index in [2.05, 4.69) is 20.9 Å². The molecule has 12 nitrogen and oxygen atoms in total. The van der Waals surface area contributed by atoms with Crippen molar-refractivity contribution in [3.8, 4) is 0 Å². The van der Waals surface area contributed by atoms with E-state index in [0.717, 1.165) is 10.9 Å². The van der Waals surface area contributed by atoms with E-state index in [4.69, 9.17) is 11.5 Å². The number of fused-ring (bicyclic) bond motifs is 1. The minimum atomic E-state index is -1.45. The molecular weight excluding hydrogens is 492 g/mol. The van der Waals surface area contributed by atoms with Crippen LogP contribution in [-0.2, 0) is 30.4 Å². The highest BCUT2D eigenvalue weighted by atomic mass is 16.4. The summed E-state index contributed by atoms with van der Waals surface area (Å²) in [7, 11) is 0. The molecule has 1 aromatic heterocycles. The van der Waals surface area contributed by atoms with E-state index in [-0.39, 0.29) is 18.3 Å². The van der Waals surface area contributed by atoms with Gasteiger partial charge in [0.15, 0.2) is 0 Å². The fraction of sp³-hybridized carbons (Fsp3) is 0.500. The Morgan fingerprint density at radius 2 is 1.58 bits per heavy atom. The first-order valence-corrected chi connectivity index (χ1v) is 12.6. The van der Waals surface area contributed by atoms with Crippen LogP contribution in [-0.4, -0.2) is 63.9 Å². The number of aromatic nitrogens is 1.